The minimum Gasteiger partial charge on any atom is -0.389 e. The van der Waals surface area contributed by atoms with Crippen molar-refractivity contribution >= 4 is 32.9 Å². The van der Waals surface area contributed by atoms with E-state index in [1.54, 1.807) is 38.1 Å². The van der Waals surface area contributed by atoms with E-state index in [0.717, 1.165) is 5.56 Å². The van der Waals surface area contributed by atoms with Gasteiger partial charge in [0.05, 0.1) is 10.9 Å². The fraction of sp³-hybridized carbons (Fsp3) is 0.364. The van der Waals surface area contributed by atoms with Crippen LogP contribution in [-0.4, -0.2) is 25.7 Å². The third kappa shape index (κ3) is 2.95. The maximum Gasteiger partial charge on any atom is 0.237 e. The summed E-state index contributed by atoms with van der Waals surface area (Å²) in [6.07, 6.45) is 0. The Balaban J connectivity index is 3.06. The molecule has 0 atom stereocenters. The highest BCUT2D eigenvalue weighted by atomic mass is 32.2. The second-order valence-electron chi connectivity index (χ2n) is 3.97. The maximum absolute atomic E-state index is 11.9. The Hall–Kier alpha value is -1.14. The minimum absolute atomic E-state index is 0.297. The van der Waals surface area contributed by atoms with E-state index in [4.69, 9.17) is 18.0 Å². The number of thiocarbonyl (C=S) groups is 1. The number of nitrogens with zero attached hydrogens (tertiary/aromatic N) is 1. The molecule has 0 radical (unpaired) electrons. The number of rotatable bonds is 4. The SMILES string of the molecule is CC(C)S(=O)(=O)N(C)c1ccc(C(N)=S)cc1. The number of nitrogens with two attached hydrogens (primary N) is 1. The lowest BCUT2D eigenvalue weighted by Gasteiger charge is -2.21. The van der Waals surface area contributed by atoms with Gasteiger partial charge in [-0.1, -0.05) is 12.2 Å². The van der Waals surface area contributed by atoms with Gasteiger partial charge in [-0.2, -0.15) is 0 Å². The van der Waals surface area contributed by atoms with Gasteiger partial charge in [0.1, 0.15) is 4.99 Å². The Kier molecular flexibility index (Phi) is 4.11. The average Bonchev–Trinajstić information content (AvgIpc) is 2.27. The normalized spacial score (nSPS) is 11.5. The Labute approximate surface area is 107 Å². The van der Waals surface area contributed by atoms with Crippen molar-refractivity contribution in [3.8, 4) is 0 Å². The molecule has 94 valence electrons. The molecule has 2 N–H and O–H groups in total. The third-order valence-electron chi connectivity index (χ3n) is 2.49. The highest BCUT2D eigenvalue weighted by molar-refractivity contribution is 7.93. The number of hydrogen-bond acceptors (Lipinski definition) is 3. The molecule has 0 spiro atoms. The van der Waals surface area contributed by atoms with Crippen LogP contribution in [0.3, 0.4) is 0 Å². The van der Waals surface area contributed by atoms with Crippen LogP contribution in [0.25, 0.3) is 0 Å². The predicted octanol–water partition coefficient (Wildman–Crippen LogP) is 1.50. The Morgan fingerprint density at radius 1 is 1.29 bits per heavy atom. The highest BCUT2D eigenvalue weighted by Crippen LogP contribution is 2.19. The van der Waals surface area contributed by atoms with Crippen LogP contribution in [0.1, 0.15) is 19.4 Å². The van der Waals surface area contributed by atoms with E-state index < -0.39 is 15.3 Å². The summed E-state index contributed by atoms with van der Waals surface area (Å²) in [7, 11) is -1.76. The summed E-state index contributed by atoms with van der Waals surface area (Å²) in [6, 6.07) is 6.80. The molecule has 0 unspecified atom stereocenters. The van der Waals surface area contributed by atoms with Crippen LogP contribution in [0.4, 0.5) is 5.69 Å². The average molecular weight is 272 g/mol. The molecule has 0 aromatic heterocycles. The van der Waals surface area contributed by atoms with E-state index in [0.29, 0.717) is 10.7 Å². The first-order chi connectivity index (χ1) is 7.76. The van der Waals surface area contributed by atoms with Gasteiger partial charge in [-0.15, -0.1) is 0 Å². The van der Waals surface area contributed by atoms with Crippen LogP contribution in [0.5, 0.6) is 0 Å². The van der Waals surface area contributed by atoms with Gasteiger partial charge in [0.25, 0.3) is 0 Å². The highest BCUT2D eigenvalue weighted by Gasteiger charge is 2.22. The van der Waals surface area contributed by atoms with Crippen LogP contribution in [0.2, 0.25) is 0 Å². The van der Waals surface area contributed by atoms with E-state index in [1.807, 2.05) is 0 Å². The molecule has 17 heavy (non-hydrogen) atoms. The van der Waals surface area contributed by atoms with Crippen LogP contribution >= 0.6 is 12.2 Å². The first kappa shape index (κ1) is 13.9. The largest absolute Gasteiger partial charge is 0.389 e. The quantitative estimate of drug-likeness (QED) is 0.844. The molecule has 0 aliphatic rings. The zero-order valence-electron chi connectivity index (χ0n) is 10.0. The van der Waals surface area contributed by atoms with Crippen LogP contribution in [-0.2, 0) is 10.0 Å². The topological polar surface area (TPSA) is 63.4 Å². The fourth-order valence-electron chi connectivity index (χ4n) is 1.30. The molecule has 1 rings (SSSR count). The molecular weight excluding hydrogens is 256 g/mol. The van der Waals surface area contributed by atoms with E-state index in [-0.39, 0.29) is 0 Å². The molecule has 6 heteroatoms. The van der Waals surface area contributed by atoms with E-state index in [2.05, 4.69) is 0 Å². The molecule has 0 fully saturated rings. The molecule has 0 bridgehead atoms. The minimum atomic E-state index is -3.29. The first-order valence-electron chi connectivity index (χ1n) is 5.14. The number of hydrogen-bond donors (Lipinski definition) is 1. The molecule has 0 amide bonds. The lowest BCUT2D eigenvalue weighted by molar-refractivity contribution is 0.585. The summed E-state index contributed by atoms with van der Waals surface area (Å²) in [4.78, 5) is 0.297. The standard InChI is InChI=1S/C11H16N2O2S2/c1-8(2)17(14,15)13(3)10-6-4-9(5-7-10)11(12)16/h4-8H,1-3H3,(H2,12,16). The molecule has 1 aromatic rings. The number of anilines is 1. The fourth-order valence-corrected chi connectivity index (χ4v) is 2.48. The van der Waals surface area contributed by atoms with Crippen molar-refractivity contribution in [2.75, 3.05) is 11.4 Å². The molecular formula is C11H16N2O2S2. The van der Waals surface area contributed by atoms with Crippen LogP contribution < -0.4 is 10.0 Å². The van der Waals surface area contributed by atoms with Crippen LogP contribution in [0, 0.1) is 0 Å². The van der Waals surface area contributed by atoms with Crippen molar-refractivity contribution in [1.82, 2.24) is 0 Å². The molecule has 0 aliphatic heterocycles. The summed E-state index contributed by atoms with van der Waals surface area (Å²) in [5, 5.41) is -0.456. The van der Waals surface area contributed by atoms with Crippen molar-refractivity contribution in [3.05, 3.63) is 29.8 Å². The van der Waals surface area contributed by atoms with Gasteiger partial charge in [0.15, 0.2) is 0 Å². The molecule has 0 heterocycles. The summed E-state index contributed by atoms with van der Waals surface area (Å²) >= 11 is 4.83. The summed E-state index contributed by atoms with van der Waals surface area (Å²) in [6.45, 7) is 3.30. The van der Waals surface area contributed by atoms with E-state index in [1.165, 1.54) is 11.4 Å². The zero-order chi connectivity index (χ0) is 13.2. The van der Waals surface area contributed by atoms with Crippen molar-refractivity contribution in [1.29, 1.82) is 0 Å². The molecule has 0 saturated carbocycles. The Morgan fingerprint density at radius 3 is 2.12 bits per heavy atom. The predicted molar refractivity (Wildman–Crippen MR) is 74.8 cm³/mol. The summed E-state index contributed by atoms with van der Waals surface area (Å²) < 4.78 is 25.1. The summed E-state index contributed by atoms with van der Waals surface area (Å²) in [5.41, 5.74) is 6.79. The van der Waals surface area contributed by atoms with Crippen LogP contribution in [0.15, 0.2) is 24.3 Å². The second-order valence-corrected chi connectivity index (χ2v) is 6.93. The zero-order valence-corrected chi connectivity index (χ0v) is 11.7. The Bertz CT molecular complexity index is 507. The number of benzene rings is 1. The third-order valence-corrected chi connectivity index (χ3v) is 4.89. The lowest BCUT2D eigenvalue weighted by atomic mass is 10.2. The van der Waals surface area contributed by atoms with Gasteiger partial charge in [-0.3, -0.25) is 4.31 Å². The first-order valence-corrected chi connectivity index (χ1v) is 7.05. The van der Waals surface area contributed by atoms with Crippen molar-refractivity contribution < 1.29 is 8.42 Å². The van der Waals surface area contributed by atoms with Crippen molar-refractivity contribution in [2.45, 2.75) is 19.1 Å². The molecule has 0 saturated heterocycles. The number of sulfonamides is 1. The Morgan fingerprint density at radius 2 is 1.76 bits per heavy atom. The van der Waals surface area contributed by atoms with Gasteiger partial charge in [0.2, 0.25) is 10.0 Å². The smallest absolute Gasteiger partial charge is 0.237 e. The van der Waals surface area contributed by atoms with Gasteiger partial charge >= 0.3 is 0 Å². The van der Waals surface area contributed by atoms with Gasteiger partial charge in [0, 0.05) is 12.6 Å². The monoisotopic (exact) mass is 272 g/mol. The second kappa shape index (κ2) is 5.01. The van der Waals surface area contributed by atoms with Crippen molar-refractivity contribution in [2.24, 2.45) is 5.73 Å². The molecule has 1 aromatic carbocycles. The molecule has 0 aliphatic carbocycles. The van der Waals surface area contributed by atoms with Crippen molar-refractivity contribution in [3.63, 3.8) is 0 Å². The maximum atomic E-state index is 11.9. The van der Waals surface area contributed by atoms with Gasteiger partial charge in [-0.05, 0) is 38.1 Å². The lowest BCUT2D eigenvalue weighted by Crippen LogP contribution is -2.33. The molecule has 4 nitrogen and oxygen atoms in total. The summed E-state index contributed by atoms with van der Waals surface area (Å²) in [5.74, 6) is 0. The van der Waals surface area contributed by atoms with E-state index in [9.17, 15) is 8.42 Å². The van der Waals surface area contributed by atoms with Gasteiger partial charge < -0.3 is 5.73 Å². The van der Waals surface area contributed by atoms with E-state index >= 15 is 0 Å². The van der Waals surface area contributed by atoms with Gasteiger partial charge in [-0.25, -0.2) is 8.42 Å².